The van der Waals surface area contributed by atoms with Crippen LogP contribution in [-0.4, -0.2) is 18.9 Å². The van der Waals surface area contributed by atoms with E-state index in [0.717, 1.165) is 12.8 Å². The highest BCUT2D eigenvalue weighted by Gasteiger charge is 2.56. The van der Waals surface area contributed by atoms with Gasteiger partial charge in [0.05, 0.1) is 0 Å². The Labute approximate surface area is 108 Å². The molecule has 4 heteroatoms. The summed E-state index contributed by atoms with van der Waals surface area (Å²) in [5.74, 6) is 0.426. The lowest BCUT2D eigenvalue weighted by atomic mass is 9.74. The van der Waals surface area contributed by atoms with Gasteiger partial charge >= 0.3 is 6.18 Å². The van der Waals surface area contributed by atoms with Gasteiger partial charge in [0.25, 0.3) is 0 Å². The quantitative estimate of drug-likeness (QED) is 0.702. The van der Waals surface area contributed by atoms with E-state index in [1.807, 2.05) is 0 Å². The standard InChI is InChI=1S/C14H25F3O/c1-12(2,3)8-5-11-6-9-13(18-4,10-7-11)14(15,16)17/h11H,5-10H2,1-4H3/t11-,13-. The highest BCUT2D eigenvalue weighted by Crippen LogP contribution is 2.46. The van der Waals surface area contributed by atoms with E-state index in [1.54, 1.807) is 0 Å². The van der Waals surface area contributed by atoms with E-state index in [2.05, 4.69) is 20.8 Å². The van der Waals surface area contributed by atoms with Crippen molar-refractivity contribution in [2.45, 2.75) is 71.1 Å². The molecule has 0 radical (unpaired) electrons. The predicted molar refractivity (Wildman–Crippen MR) is 66.4 cm³/mol. The number of rotatable bonds is 3. The molecule has 108 valence electrons. The van der Waals surface area contributed by atoms with Crippen molar-refractivity contribution in [1.29, 1.82) is 0 Å². The molecule has 1 aliphatic carbocycles. The molecule has 1 fully saturated rings. The van der Waals surface area contributed by atoms with E-state index in [-0.39, 0.29) is 18.3 Å². The van der Waals surface area contributed by atoms with Crippen molar-refractivity contribution in [2.24, 2.45) is 11.3 Å². The summed E-state index contributed by atoms with van der Waals surface area (Å²) in [7, 11) is 1.18. The highest BCUT2D eigenvalue weighted by molar-refractivity contribution is 4.93. The molecule has 0 aromatic rings. The summed E-state index contributed by atoms with van der Waals surface area (Å²) in [5, 5.41) is 0. The summed E-state index contributed by atoms with van der Waals surface area (Å²) >= 11 is 0. The third kappa shape index (κ3) is 3.87. The lowest BCUT2D eigenvalue weighted by Crippen LogP contribution is -2.49. The lowest BCUT2D eigenvalue weighted by molar-refractivity contribution is -0.281. The summed E-state index contributed by atoms with van der Waals surface area (Å²) in [6.45, 7) is 6.51. The second-order valence-corrected chi connectivity index (χ2v) is 6.74. The van der Waals surface area contributed by atoms with Crippen LogP contribution in [-0.2, 0) is 4.74 Å². The number of methoxy groups -OCH3 is 1. The van der Waals surface area contributed by atoms with Crippen LogP contribution >= 0.6 is 0 Å². The largest absolute Gasteiger partial charge is 0.417 e. The minimum absolute atomic E-state index is 0.113. The second-order valence-electron chi connectivity index (χ2n) is 6.74. The summed E-state index contributed by atoms with van der Waals surface area (Å²) in [4.78, 5) is 0. The molecule has 18 heavy (non-hydrogen) atoms. The zero-order valence-corrected chi connectivity index (χ0v) is 11.9. The molecule has 1 rings (SSSR count). The van der Waals surface area contributed by atoms with Gasteiger partial charge < -0.3 is 4.74 Å². The summed E-state index contributed by atoms with van der Waals surface area (Å²) in [6, 6.07) is 0. The number of hydrogen-bond acceptors (Lipinski definition) is 1. The van der Waals surface area contributed by atoms with Gasteiger partial charge in [-0.25, -0.2) is 0 Å². The van der Waals surface area contributed by atoms with Crippen LogP contribution in [0.15, 0.2) is 0 Å². The van der Waals surface area contributed by atoms with E-state index in [4.69, 9.17) is 4.74 Å². The van der Waals surface area contributed by atoms with Crippen molar-refractivity contribution >= 4 is 0 Å². The van der Waals surface area contributed by atoms with Gasteiger partial charge in [0.15, 0.2) is 5.60 Å². The topological polar surface area (TPSA) is 9.23 Å². The maximum Gasteiger partial charge on any atom is 0.417 e. The molecule has 0 N–H and O–H groups in total. The first-order valence-electron chi connectivity index (χ1n) is 6.71. The van der Waals surface area contributed by atoms with Crippen molar-refractivity contribution in [3.63, 3.8) is 0 Å². The molecule has 0 amide bonds. The van der Waals surface area contributed by atoms with Gasteiger partial charge in [-0.2, -0.15) is 13.2 Å². The van der Waals surface area contributed by atoms with Gasteiger partial charge in [-0.05, 0) is 49.9 Å². The molecule has 0 unspecified atom stereocenters. The fourth-order valence-electron chi connectivity index (χ4n) is 2.67. The SMILES string of the molecule is CO[C@]1(C(F)(F)F)CC[C@@H](CCC(C)(C)C)CC1. The maximum atomic E-state index is 13.0. The molecule has 0 aromatic heterocycles. The predicted octanol–water partition coefficient (Wildman–Crippen LogP) is 4.95. The van der Waals surface area contributed by atoms with E-state index in [9.17, 15) is 13.2 Å². The Balaban J connectivity index is 2.50. The Morgan fingerprint density at radius 1 is 1.11 bits per heavy atom. The van der Waals surface area contributed by atoms with Crippen LogP contribution in [0.3, 0.4) is 0 Å². The van der Waals surface area contributed by atoms with Crippen molar-refractivity contribution in [1.82, 2.24) is 0 Å². The van der Waals surface area contributed by atoms with Gasteiger partial charge in [-0.3, -0.25) is 0 Å². The Morgan fingerprint density at radius 3 is 1.94 bits per heavy atom. The zero-order chi connectivity index (χ0) is 14.0. The van der Waals surface area contributed by atoms with Crippen LogP contribution in [0.5, 0.6) is 0 Å². The average molecular weight is 266 g/mol. The first-order valence-corrected chi connectivity index (χ1v) is 6.71. The molecule has 0 heterocycles. The van der Waals surface area contributed by atoms with E-state index in [1.165, 1.54) is 7.11 Å². The molecule has 1 saturated carbocycles. The molecule has 0 atom stereocenters. The van der Waals surface area contributed by atoms with E-state index < -0.39 is 11.8 Å². The molecule has 1 nitrogen and oxygen atoms in total. The molecule has 0 aliphatic heterocycles. The third-order valence-electron chi connectivity index (χ3n) is 4.12. The minimum Gasteiger partial charge on any atom is -0.369 e. The van der Waals surface area contributed by atoms with Crippen LogP contribution in [0.4, 0.5) is 13.2 Å². The Kier molecular flexibility index (Phi) is 4.74. The Bertz CT molecular complexity index is 257. The van der Waals surface area contributed by atoms with Crippen molar-refractivity contribution in [3.8, 4) is 0 Å². The highest BCUT2D eigenvalue weighted by atomic mass is 19.4. The first kappa shape index (κ1) is 15.8. The third-order valence-corrected chi connectivity index (χ3v) is 4.12. The maximum absolute atomic E-state index is 13.0. The van der Waals surface area contributed by atoms with Crippen molar-refractivity contribution in [2.75, 3.05) is 7.11 Å². The fraction of sp³-hybridized carbons (Fsp3) is 1.00. The van der Waals surface area contributed by atoms with Gasteiger partial charge in [0, 0.05) is 7.11 Å². The van der Waals surface area contributed by atoms with Crippen LogP contribution in [0.25, 0.3) is 0 Å². The van der Waals surface area contributed by atoms with Crippen molar-refractivity contribution < 1.29 is 17.9 Å². The number of alkyl halides is 3. The molecule has 1 aliphatic rings. The number of hydrogen-bond donors (Lipinski definition) is 0. The molecular formula is C14H25F3O. The molecule has 0 spiro atoms. The molecular weight excluding hydrogens is 241 g/mol. The number of halogens is 3. The van der Waals surface area contributed by atoms with Crippen LogP contribution in [0, 0.1) is 11.3 Å². The second kappa shape index (κ2) is 5.40. The smallest absolute Gasteiger partial charge is 0.369 e. The average Bonchev–Trinajstić information content (AvgIpc) is 2.24. The molecule has 0 bridgehead atoms. The monoisotopic (exact) mass is 266 g/mol. The summed E-state index contributed by atoms with van der Waals surface area (Å²) < 4.78 is 43.7. The van der Waals surface area contributed by atoms with Crippen LogP contribution < -0.4 is 0 Å². The number of ether oxygens (including phenoxy) is 1. The molecule has 0 aromatic carbocycles. The Morgan fingerprint density at radius 2 is 1.61 bits per heavy atom. The van der Waals surface area contributed by atoms with Gasteiger partial charge in [0.2, 0.25) is 0 Å². The normalized spacial score (nSPS) is 30.5. The fourth-order valence-corrected chi connectivity index (χ4v) is 2.67. The first-order chi connectivity index (χ1) is 8.10. The lowest BCUT2D eigenvalue weighted by Gasteiger charge is -2.40. The van der Waals surface area contributed by atoms with Crippen molar-refractivity contribution in [3.05, 3.63) is 0 Å². The van der Waals surface area contributed by atoms with Gasteiger partial charge in [-0.15, -0.1) is 0 Å². The van der Waals surface area contributed by atoms with E-state index >= 15 is 0 Å². The van der Waals surface area contributed by atoms with E-state index in [0.29, 0.717) is 18.8 Å². The summed E-state index contributed by atoms with van der Waals surface area (Å²) in [6.07, 6.45) is -0.655. The zero-order valence-electron chi connectivity index (χ0n) is 11.9. The molecule has 0 saturated heterocycles. The summed E-state index contributed by atoms with van der Waals surface area (Å²) in [5.41, 5.74) is -1.62. The van der Waals surface area contributed by atoms with Gasteiger partial charge in [0.1, 0.15) is 0 Å². The van der Waals surface area contributed by atoms with Crippen LogP contribution in [0.1, 0.15) is 59.3 Å². The minimum atomic E-state index is -4.24. The Hall–Kier alpha value is -0.250. The van der Waals surface area contributed by atoms with Crippen LogP contribution in [0.2, 0.25) is 0 Å². The van der Waals surface area contributed by atoms with Gasteiger partial charge in [-0.1, -0.05) is 20.8 Å².